The molecule has 98 valence electrons. The number of halogens is 1. The SMILES string of the molecule is C[C@@H]1CCCC[NH+]1CC(=O)Nc1cccc(Br)c1. The molecule has 2 atom stereocenters. The lowest BCUT2D eigenvalue weighted by Gasteiger charge is -2.29. The minimum atomic E-state index is 0.108. The van der Waals surface area contributed by atoms with Gasteiger partial charge in [0.25, 0.3) is 5.91 Å². The fraction of sp³-hybridized carbons (Fsp3) is 0.500. The predicted octanol–water partition coefficient (Wildman–Crippen LogP) is 1.84. The average Bonchev–Trinajstić information content (AvgIpc) is 2.32. The number of nitrogens with one attached hydrogen (secondary N) is 2. The molecule has 2 N–H and O–H groups in total. The molecule has 4 heteroatoms. The summed E-state index contributed by atoms with van der Waals surface area (Å²) in [4.78, 5) is 13.4. The van der Waals surface area contributed by atoms with Gasteiger partial charge >= 0.3 is 0 Å². The molecule has 1 aliphatic rings. The molecule has 0 aliphatic carbocycles. The Morgan fingerprint density at radius 2 is 2.33 bits per heavy atom. The normalized spacial score (nSPS) is 23.7. The van der Waals surface area contributed by atoms with E-state index in [1.165, 1.54) is 24.2 Å². The van der Waals surface area contributed by atoms with Crippen molar-refractivity contribution < 1.29 is 9.69 Å². The van der Waals surface area contributed by atoms with Gasteiger partial charge in [-0.15, -0.1) is 0 Å². The summed E-state index contributed by atoms with van der Waals surface area (Å²) >= 11 is 3.40. The maximum absolute atomic E-state index is 12.0. The highest BCUT2D eigenvalue weighted by Gasteiger charge is 2.24. The van der Waals surface area contributed by atoms with Crippen LogP contribution in [-0.2, 0) is 4.79 Å². The van der Waals surface area contributed by atoms with Crippen LogP contribution in [0, 0.1) is 0 Å². The van der Waals surface area contributed by atoms with Gasteiger partial charge in [-0.1, -0.05) is 22.0 Å². The van der Waals surface area contributed by atoms with E-state index in [1.807, 2.05) is 24.3 Å². The van der Waals surface area contributed by atoms with Crippen LogP contribution in [0.5, 0.6) is 0 Å². The molecule has 1 amide bonds. The Balaban J connectivity index is 1.88. The maximum atomic E-state index is 12.0. The first kappa shape index (κ1) is 13.6. The molecule has 18 heavy (non-hydrogen) atoms. The van der Waals surface area contributed by atoms with Crippen LogP contribution in [0.1, 0.15) is 26.2 Å². The summed E-state index contributed by atoms with van der Waals surface area (Å²) in [6, 6.07) is 8.32. The van der Waals surface area contributed by atoms with Gasteiger partial charge in [0.05, 0.1) is 12.6 Å². The topological polar surface area (TPSA) is 33.5 Å². The molecule has 1 unspecified atom stereocenters. The third-order valence-corrected chi connectivity index (χ3v) is 4.07. The first-order chi connectivity index (χ1) is 8.65. The Morgan fingerprint density at radius 1 is 1.50 bits per heavy atom. The number of hydrogen-bond donors (Lipinski definition) is 2. The Morgan fingerprint density at radius 3 is 3.06 bits per heavy atom. The zero-order valence-corrected chi connectivity index (χ0v) is 12.3. The smallest absolute Gasteiger partial charge is 0.279 e. The monoisotopic (exact) mass is 311 g/mol. The Bertz CT molecular complexity index is 422. The third-order valence-electron chi connectivity index (χ3n) is 3.58. The number of rotatable bonds is 3. The highest BCUT2D eigenvalue weighted by Crippen LogP contribution is 2.15. The van der Waals surface area contributed by atoms with E-state index in [1.54, 1.807) is 0 Å². The van der Waals surface area contributed by atoms with Crippen molar-refractivity contribution in [2.24, 2.45) is 0 Å². The molecule has 2 rings (SSSR count). The van der Waals surface area contributed by atoms with Crippen molar-refractivity contribution in [2.45, 2.75) is 32.2 Å². The minimum Gasteiger partial charge on any atom is -0.325 e. The summed E-state index contributed by atoms with van der Waals surface area (Å²) in [5.74, 6) is 0.108. The molecular weight excluding hydrogens is 292 g/mol. The molecule has 1 aliphatic heterocycles. The standard InChI is InChI=1S/C14H19BrN2O/c1-11-5-2-3-8-17(11)10-14(18)16-13-7-4-6-12(15)9-13/h4,6-7,9,11H,2-3,5,8,10H2,1H3,(H,16,18)/p+1/t11-/m1/s1. The number of likely N-dealkylation sites (tertiary alicyclic amines) is 1. The van der Waals surface area contributed by atoms with Crippen LogP contribution in [-0.4, -0.2) is 25.0 Å². The molecule has 1 heterocycles. The van der Waals surface area contributed by atoms with Crippen LogP contribution in [0.4, 0.5) is 5.69 Å². The summed E-state index contributed by atoms with van der Waals surface area (Å²) < 4.78 is 0.985. The first-order valence-electron chi connectivity index (χ1n) is 6.55. The van der Waals surface area contributed by atoms with Gasteiger partial charge in [0.1, 0.15) is 0 Å². The van der Waals surface area contributed by atoms with Gasteiger partial charge in [-0.25, -0.2) is 0 Å². The van der Waals surface area contributed by atoms with E-state index in [0.717, 1.165) is 16.7 Å². The second kappa shape index (κ2) is 6.34. The number of carbonyl (C=O) groups is 1. The van der Waals surface area contributed by atoms with Crippen molar-refractivity contribution in [3.63, 3.8) is 0 Å². The van der Waals surface area contributed by atoms with Crippen LogP contribution < -0.4 is 10.2 Å². The van der Waals surface area contributed by atoms with Crippen LogP contribution in [0.3, 0.4) is 0 Å². The highest BCUT2D eigenvalue weighted by molar-refractivity contribution is 9.10. The number of hydrogen-bond acceptors (Lipinski definition) is 1. The van der Waals surface area contributed by atoms with E-state index >= 15 is 0 Å². The summed E-state index contributed by atoms with van der Waals surface area (Å²) in [6.45, 7) is 3.93. The molecule has 0 saturated carbocycles. The number of quaternary nitrogens is 1. The van der Waals surface area contributed by atoms with E-state index in [2.05, 4.69) is 28.2 Å². The fourth-order valence-corrected chi connectivity index (χ4v) is 2.89. The Labute approximate surface area is 117 Å². The zero-order valence-electron chi connectivity index (χ0n) is 10.7. The van der Waals surface area contributed by atoms with Gasteiger partial charge in [-0.3, -0.25) is 4.79 Å². The van der Waals surface area contributed by atoms with Crippen molar-refractivity contribution in [1.29, 1.82) is 0 Å². The third kappa shape index (κ3) is 3.82. The largest absolute Gasteiger partial charge is 0.325 e. The molecule has 0 spiro atoms. The lowest BCUT2D eigenvalue weighted by Crippen LogP contribution is -3.17. The zero-order chi connectivity index (χ0) is 13.0. The van der Waals surface area contributed by atoms with Gasteiger partial charge in [-0.05, 0) is 44.4 Å². The molecule has 0 aromatic heterocycles. The van der Waals surface area contributed by atoms with E-state index in [0.29, 0.717) is 12.6 Å². The van der Waals surface area contributed by atoms with Crippen LogP contribution in [0.2, 0.25) is 0 Å². The molecular formula is C14H20BrN2O+. The Hall–Kier alpha value is -0.870. The van der Waals surface area contributed by atoms with Crippen LogP contribution in [0.15, 0.2) is 28.7 Å². The number of anilines is 1. The second-order valence-electron chi connectivity index (χ2n) is 5.04. The van der Waals surface area contributed by atoms with E-state index in [-0.39, 0.29) is 5.91 Å². The second-order valence-corrected chi connectivity index (χ2v) is 5.96. The summed E-state index contributed by atoms with van der Waals surface area (Å²) in [5, 5.41) is 2.96. The van der Waals surface area contributed by atoms with Crippen molar-refractivity contribution in [3.05, 3.63) is 28.7 Å². The van der Waals surface area contributed by atoms with E-state index in [9.17, 15) is 4.79 Å². The number of amides is 1. The lowest BCUT2D eigenvalue weighted by atomic mass is 10.0. The maximum Gasteiger partial charge on any atom is 0.279 e. The Kier molecular flexibility index (Phi) is 4.78. The predicted molar refractivity (Wildman–Crippen MR) is 76.8 cm³/mol. The number of piperidine rings is 1. The molecule has 1 aromatic rings. The average molecular weight is 312 g/mol. The van der Waals surface area contributed by atoms with Crippen molar-refractivity contribution in [2.75, 3.05) is 18.4 Å². The molecule has 1 saturated heterocycles. The van der Waals surface area contributed by atoms with Gasteiger partial charge in [0.15, 0.2) is 6.54 Å². The van der Waals surface area contributed by atoms with Crippen LogP contribution >= 0.6 is 15.9 Å². The van der Waals surface area contributed by atoms with Crippen LogP contribution in [0.25, 0.3) is 0 Å². The summed E-state index contributed by atoms with van der Waals surface area (Å²) in [5.41, 5.74) is 0.860. The van der Waals surface area contributed by atoms with Gasteiger partial charge < -0.3 is 10.2 Å². The highest BCUT2D eigenvalue weighted by atomic mass is 79.9. The van der Waals surface area contributed by atoms with Crippen molar-refractivity contribution in [1.82, 2.24) is 0 Å². The van der Waals surface area contributed by atoms with Crippen molar-refractivity contribution >= 4 is 27.5 Å². The van der Waals surface area contributed by atoms with E-state index < -0.39 is 0 Å². The minimum absolute atomic E-state index is 0.108. The summed E-state index contributed by atoms with van der Waals surface area (Å²) in [7, 11) is 0. The molecule has 1 fully saturated rings. The first-order valence-corrected chi connectivity index (χ1v) is 7.34. The van der Waals surface area contributed by atoms with Crippen molar-refractivity contribution in [3.8, 4) is 0 Å². The molecule has 3 nitrogen and oxygen atoms in total. The number of carbonyl (C=O) groups excluding carboxylic acids is 1. The number of benzene rings is 1. The molecule has 0 radical (unpaired) electrons. The van der Waals surface area contributed by atoms with Gasteiger partial charge in [-0.2, -0.15) is 0 Å². The quantitative estimate of drug-likeness (QED) is 0.877. The molecule has 1 aromatic carbocycles. The van der Waals surface area contributed by atoms with Gasteiger partial charge in [0.2, 0.25) is 0 Å². The van der Waals surface area contributed by atoms with E-state index in [4.69, 9.17) is 0 Å². The lowest BCUT2D eigenvalue weighted by molar-refractivity contribution is -0.920. The molecule has 0 bridgehead atoms. The fourth-order valence-electron chi connectivity index (χ4n) is 2.49. The van der Waals surface area contributed by atoms with Gasteiger partial charge in [0, 0.05) is 10.2 Å². The summed E-state index contributed by atoms with van der Waals surface area (Å²) in [6.07, 6.45) is 3.78.